The van der Waals surface area contributed by atoms with Crippen molar-refractivity contribution in [3.05, 3.63) is 47.5 Å². The predicted octanol–water partition coefficient (Wildman–Crippen LogP) is 2.93. The van der Waals surface area contributed by atoms with Crippen molar-refractivity contribution in [3.63, 3.8) is 0 Å². The first kappa shape index (κ1) is 20.3. The summed E-state index contributed by atoms with van der Waals surface area (Å²) in [5, 5.41) is 10.2. The molecule has 1 rings (SSSR count). The van der Waals surface area contributed by atoms with Crippen LogP contribution in [-0.4, -0.2) is 46.9 Å². The fourth-order valence-electron chi connectivity index (χ4n) is 2.29. The number of amides is 1. The first-order valence-electron chi connectivity index (χ1n) is 8.45. The molecule has 0 saturated heterocycles. The van der Waals surface area contributed by atoms with Crippen LogP contribution in [0.25, 0.3) is 0 Å². The maximum atomic E-state index is 13.0. The number of rotatable bonds is 10. The molecular weight excluding hydrogens is 316 g/mol. The van der Waals surface area contributed by atoms with Crippen LogP contribution in [0.1, 0.15) is 32.3 Å². The lowest BCUT2D eigenvalue weighted by atomic mass is 10.2. The minimum absolute atomic E-state index is 0.0291. The zero-order valence-electron chi connectivity index (χ0n) is 15.1. The second-order valence-corrected chi connectivity index (χ2v) is 5.55. The Kier molecular flexibility index (Phi) is 8.87. The molecule has 1 amide bonds. The third kappa shape index (κ3) is 6.34. The van der Waals surface area contributed by atoms with E-state index in [1.54, 1.807) is 6.92 Å². The highest BCUT2D eigenvalue weighted by Crippen LogP contribution is 2.13. The number of benzene rings is 1. The Hall–Kier alpha value is -2.74. The van der Waals surface area contributed by atoms with Crippen molar-refractivity contribution < 1.29 is 19.2 Å². The molecule has 0 spiro atoms. The van der Waals surface area contributed by atoms with Gasteiger partial charge in [-0.15, -0.1) is 6.42 Å². The third-order valence-corrected chi connectivity index (χ3v) is 3.57. The molecule has 1 aromatic carbocycles. The molecule has 5 nitrogen and oxygen atoms in total. The minimum atomic E-state index is -0.423. The second kappa shape index (κ2) is 10.9. The monoisotopic (exact) mass is 343 g/mol. The van der Waals surface area contributed by atoms with Crippen LogP contribution < -0.4 is 0 Å². The normalized spacial score (nSPS) is 11.2. The summed E-state index contributed by atoms with van der Waals surface area (Å²) in [6, 6.07) is 9.54. The van der Waals surface area contributed by atoms with E-state index in [2.05, 4.69) is 12.6 Å². The standard InChI is InChI=1S/C20H26N2O3/c1-5-8-15-21(4)18(20(24)25-7-3)19(23)22(14-6-2)16-17-12-10-9-11-13-17/h2,9-13H,4-5,7-8,14-16H2,1,3H3/p+1. The van der Waals surface area contributed by atoms with E-state index in [0.717, 1.165) is 18.4 Å². The molecule has 0 heterocycles. The van der Waals surface area contributed by atoms with Gasteiger partial charge in [0.15, 0.2) is 0 Å². The zero-order chi connectivity index (χ0) is 18.7. The van der Waals surface area contributed by atoms with Crippen molar-refractivity contribution >= 4 is 12.6 Å². The largest absolute Gasteiger partial charge is 0.476 e. The number of carbonyl (C=O) groups is 1. The topological polar surface area (TPSA) is 52.8 Å². The number of carbonyl (C=O) groups excluding carboxylic acids is 1. The van der Waals surface area contributed by atoms with Gasteiger partial charge in [0.2, 0.25) is 0 Å². The van der Waals surface area contributed by atoms with Gasteiger partial charge in [0.05, 0.1) is 13.2 Å². The van der Waals surface area contributed by atoms with Crippen molar-refractivity contribution in [1.29, 1.82) is 0 Å². The quantitative estimate of drug-likeness (QED) is 0.234. The van der Waals surface area contributed by atoms with Crippen molar-refractivity contribution in [2.75, 3.05) is 19.7 Å². The summed E-state index contributed by atoms with van der Waals surface area (Å²) in [7, 11) is 0. The molecule has 0 aliphatic heterocycles. The van der Waals surface area contributed by atoms with Gasteiger partial charge in [-0.3, -0.25) is 4.79 Å². The van der Waals surface area contributed by atoms with Gasteiger partial charge in [0.25, 0.3) is 0 Å². The summed E-state index contributed by atoms with van der Waals surface area (Å²) in [6.07, 6.45) is 7.22. The minimum Gasteiger partial charge on any atom is -0.476 e. The molecule has 134 valence electrons. The first-order chi connectivity index (χ1) is 12.0. The van der Waals surface area contributed by atoms with Gasteiger partial charge in [0.1, 0.15) is 13.3 Å². The molecule has 0 aliphatic carbocycles. The van der Waals surface area contributed by atoms with E-state index in [4.69, 9.17) is 11.2 Å². The van der Waals surface area contributed by atoms with Gasteiger partial charge in [-0.1, -0.05) is 49.6 Å². The fraction of sp³-hybridized carbons (Fsp3) is 0.400. The Balaban J connectivity index is 3.11. The fourth-order valence-corrected chi connectivity index (χ4v) is 2.29. The highest BCUT2D eigenvalue weighted by atomic mass is 16.6. The van der Waals surface area contributed by atoms with Gasteiger partial charge in [-0.2, -0.15) is 4.58 Å². The Labute approximate surface area is 150 Å². The van der Waals surface area contributed by atoms with Crippen LogP contribution in [-0.2, 0) is 16.1 Å². The number of hydrogen-bond donors (Lipinski definition) is 1. The van der Waals surface area contributed by atoms with Crippen LogP contribution in [0.2, 0.25) is 0 Å². The molecule has 5 heteroatoms. The summed E-state index contributed by atoms with van der Waals surface area (Å²) in [6.45, 7) is 8.91. The van der Waals surface area contributed by atoms with Crippen LogP contribution in [0, 0.1) is 12.3 Å². The summed E-state index contributed by atoms with van der Waals surface area (Å²) < 4.78 is 6.64. The molecule has 0 aromatic heterocycles. The Morgan fingerprint density at radius 3 is 2.60 bits per heavy atom. The highest BCUT2D eigenvalue weighted by molar-refractivity contribution is 5.91. The van der Waals surface area contributed by atoms with E-state index < -0.39 is 11.9 Å². The van der Waals surface area contributed by atoms with Crippen LogP contribution in [0.3, 0.4) is 0 Å². The number of aliphatic hydroxyl groups is 1. The van der Waals surface area contributed by atoms with Crippen molar-refractivity contribution in [2.45, 2.75) is 33.2 Å². The number of ether oxygens (including phenoxy) is 1. The van der Waals surface area contributed by atoms with Crippen LogP contribution in [0.4, 0.5) is 0 Å². The Morgan fingerprint density at radius 1 is 1.36 bits per heavy atom. The summed E-state index contributed by atoms with van der Waals surface area (Å²) >= 11 is 0. The maximum Gasteiger partial charge on any atom is 0.358 e. The SMILES string of the molecule is C#CCN(Cc1ccccc1)C(=O)/C(=C(\O)OCC)[N+](=C)CCCC. The molecule has 0 atom stereocenters. The van der Waals surface area contributed by atoms with Crippen LogP contribution in [0.5, 0.6) is 0 Å². The number of unbranched alkanes of at least 4 members (excludes halogenated alkanes) is 1. The predicted molar refractivity (Wildman–Crippen MR) is 99.1 cm³/mol. The van der Waals surface area contributed by atoms with Gasteiger partial charge >= 0.3 is 17.5 Å². The van der Waals surface area contributed by atoms with E-state index >= 15 is 0 Å². The lowest BCUT2D eigenvalue weighted by Crippen LogP contribution is -2.36. The van der Waals surface area contributed by atoms with E-state index in [0.29, 0.717) is 13.1 Å². The number of aliphatic hydroxyl groups excluding tert-OH is 1. The van der Waals surface area contributed by atoms with Crippen LogP contribution >= 0.6 is 0 Å². The molecule has 0 bridgehead atoms. The third-order valence-electron chi connectivity index (χ3n) is 3.57. The number of nitrogens with zero attached hydrogens (tertiary/aromatic N) is 2. The van der Waals surface area contributed by atoms with E-state index in [1.807, 2.05) is 37.3 Å². The van der Waals surface area contributed by atoms with Gasteiger partial charge < -0.3 is 14.7 Å². The average molecular weight is 343 g/mol. The summed E-state index contributed by atoms with van der Waals surface area (Å²) in [4.78, 5) is 14.5. The van der Waals surface area contributed by atoms with Crippen molar-refractivity contribution in [2.24, 2.45) is 0 Å². The summed E-state index contributed by atoms with van der Waals surface area (Å²) in [5.74, 6) is 1.67. The molecule has 0 unspecified atom stereocenters. The maximum absolute atomic E-state index is 13.0. The van der Waals surface area contributed by atoms with Gasteiger partial charge in [-0.05, 0) is 12.5 Å². The molecular formula is C20H27N2O3+. The average Bonchev–Trinajstić information content (AvgIpc) is 2.60. The Morgan fingerprint density at radius 2 is 2.04 bits per heavy atom. The first-order valence-corrected chi connectivity index (χ1v) is 8.45. The molecule has 0 fully saturated rings. The lowest BCUT2D eigenvalue weighted by molar-refractivity contribution is -0.468. The van der Waals surface area contributed by atoms with Crippen molar-refractivity contribution in [1.82, 2.24) is 4.90 Å². The van der Waals surface area contributed by atoms with E-state index in [-0.39, 0.29) is 18.8 Å². The molecule has 0 aliphatic rings. The summed E-state index contributed by atoms with van der Waals surface area (Å²) in [5.41, 5.74) is 0.979. The molecule has 1 aromatic rings. The number of terminal acetylenes is 1. The molecule has 0 radical (unpaired) electrons. The van der Waals surface area contributed by atoms with Crippen LogP contribution in [0.15, 0.2) is 42.0 Å². The molecule has 25 heavy (non-hydrogen) atoms. The van der Waals surface area contributed by atoms with E-state index in [9.17, 15) is 9.90 Å². The van der Waals surface area contributed by atoms with E-state index in [1.165, 1.54) is 9.48 Å². The Bertz CT molecular complexity index is 645. The second-order valence-electron chi connectivity index (χ2n) is 5.55. The molecule has 1 N–H and O–H groups in total. The van der Waals surface area contributed by atoms with Gasteiger partial charge in [0, 0.05) is 13.0 Å². The van der Waals surface area contributed by atoms with Gasteiger partial charge in [-0.25, -0.2) is 0 Å². The lowest BCUT2D eigenvalue weighted by Gasteiger charge is -2.20. The highest BCUT2D eigenvalue weighted by Gasteiger charge is 2.32. The molecule has 0 saturated carbocycles. The number of hydrogen-bond acceptors (Lipinski definition) is 3. The van der Waals surface area contributed by atoms with Crippen molar-refractivity contribution in [3.8, 4) is 12.3 Å². The smallest absolute Gasteiger partial charge is 0.358 e. The zero-order valence-corrected chi connectivity index (χ0v) is 15.1.